The number of anilines is 1. The van der Waals surface area contributed by atoms with E-state index >= 15 is 0 Å². The molecule has 0 bridgehead atoms. The fourth-order valence-electron chi connectivity index (χ4n) is 1.94. The molecule has 0 atom stereocenters. The van der Waals surface area contributed by atoms with E-state index in [0.29, 0.717) is 10.0 Å². The number of benzene rings is 1. The van der Waals surface area contributed by atoms with Crippen molar-refractivity contribution in [1.82, 2.24) is 20.2 Å². The van der Waals surface area contributed by atoms with Gasteiger partial charge >= 0.3 is 0 Å². The number of aromatic amines is 1. The van der Waals surface area contributed by atoms with E-state index in [0.717, 1.165) is 10.9 Å². The molecule has 0 aliphatic carbocycles. The molecule has 2 heterocycles. The lowest BCUT2D eigenvalue weighted by molar-refractivity contribution is 0.0799. The highest BCUT2D eigenvalue weighted by molar-refractivity contribution is 8.00. The highest BCUT2D eigenvalue weighted by Crippen LogP contribution is 2.29. The van der Waals surface area contributed by atoms with E-state index in [2.05, 4.69) is 24.9 Å². The third-order valence-corrected chi connectivity index (χ3v) is 4.03. The molecule has 0 aliphatic rings. The number of ether oxygens (including phenoxy) is 2. The van der Waals surface area contributed by atoms with Crippen molar-refractivity contribution >= 4 is 40.4 Å². The number of rotatable bonds is 7. The second-order valence-electron chi connectivity index (χ2n) is 4.69. The summed E-state index contributed by atoms with van der Waals surface area (Å²) < 4.78 is 37.3. The standard InChI is InChI=1S/C14H12ClF2N5O2S/c1-23-12-10(24-6-11(16)17)5-18-14(19-12)22-25-13-8-3-2-7(15)4-9(8)20-21-13/h2-5,11H,6H2,1H3,(H,20,21)(H,18,19,22). The third kappa shape index (κ3) is 4.20. The van der Waals surface area contributed by atoms with Gasteiger partial charge in [0.05, 0.1) is 18.8 Å². The van der Waals surface area contributed by atoms with Gasteiger partial charge in [-0.15, -0.1) is 0 Å². The summed E-state index contributed by atoms with van der Waals surface area (Å²) in [6.07, 6.45) is -1.33. The molecule has 0 saturated heterocycles. The van der Waals surface area contributed by atoms with E-state index in [9.17, 15) is 8.78 Å². The van der Waals surface area contributed by atoms with Gasteiger partial charge in [-0.2, -0.15) is 10.1 Å². The molecule has 2 aromatic heterocycles. The van der Waals surface area contributed by atoms with E-state index in [-0.39, 0.29) is 17.6 Å². The first-order valence-corrected chi connectivity index (χ1v) is 8.14. The summed E-state index contributed by atoms with van der Waals surface area (Å²) in [5.41, 5.74) is 0.797. The second kappa shape index (κ2) is 7.70. The minimum Gasteiger partial charge on any atom is -0.481 e. The molecule has 25 heavy (non-hydrogen) atoms. The van der Waals surface area contributed by atoms with Crippen LogP contribution in [0.1, 0.15) is 0 Å². The topological polar surface area (TPSA) is 85.0 Å². The Morgan fingerprint density at radius 2 is 2.24 bits per heavy atom. The minimum atomic E-state index is -2.60. The normalized spacial score (nSPS) is 11.1. The van der Waals surface area contributed by atoms with Crippen molar-refractivity contribution in [2.45, 2.75) is 11.5 Å². The van der Waals surface area contributed by atoms with Gasteiger partial charge in [0.25, 0.3) is 12.3 Å². The maximum Gasteiger partial charge on any atom is 0.272 e. The monoisotopic (exact) mass is 387 g/mol. The van der Waals surface area contributed by atoms with Gasteiger partial charge in [0.15, 0.2) is 5.75 Å². The maximum absolute atomic E-state index is 12.2. The van der Waals surface area contributed by atoms with Crippen LogP contribution in [-0.4, -0.2) is 40.3 Å². The number of hydrogen-bond donors (Lipinski definition) is 2. The van der Waals surface area contributed by atoms with Gasteiger partial charge in [0.1, 0.15) is 11.6 Å². The maximum atomic E-state index is 12.2. The quantitative estimate of drug-likeness (QED) is 0.597. The molecular weight excluding hydrogens is 376 g/mol. The molecule has 0 unspecified atom stereocenters. The van der Waals surface area contributed by atoms with E-state index in [4.69, 9.17) is 21.1 Å². The zero-order chi connectivity index (χ0) is 17.8. The summed E-state index contributed by atoms with van der Waals surface area (Å²) in [6.45, 7) is -0.761. The van der Waals surface area contributed by atoms with Crippen LogP contribution in [0.3, 0.4) is 0 Å². The molecule has 1 aromatic carbocycles. The SMILES string of the molecule is COc1nc(NSc2n[nH]c3cc(Cl)ccc23)ncc1OCC(F)F. The number of fused-ring (bicyclic) bond motifs is 1. The predicted molar refractivity (Wildman–Crippen MR) is 90.7 cm³/mol. The summed E-state index contributed by atoms with van der Waals surface area (Å²) in [5, 5.41) is 9.21. The van der Waals surface area contributed by atoms with Crippen LogP contribution in [0.5, 0.6) is 11.6 Å². The Balaban J connectivity index is 1.72. The molecular formula is C14H12ClF2N5O2S. The number of H-pyrrole nitrogens is 1. The van der Waals surface area contributed by atoms with Crippen LogP contribution in [0.25, 0.3) is 10.9 Å². The molecule has 0 saturated carbocycles. The summed E-state index contributed by atoms with van der Waals surface area (Å²) >= 11 is 7.11. The summed E-state index contributed by atoms with van der Waals surface area (Å²) in [5.74, 6) is 0.312. The third-order valence-electron chi connectivity index (χ3n) is 3.01. The number of nitrogens with zero attached hydrogens (tertiary/aromatic N) is 3. The largest absolute Gasteiger partial charge is 0.481 e. The Labute approximate surface area is 150 Å². The van der Waals surface area contributed by atoms with Gasteiger partial charge in [0, 0.05) is 22.4 Å². The molecule has 132 valence electrons. The van der Waals surface area contributed by atoms with Gasteiger partial charge in [0.2, 0.25) is 5.95 Å². The molecule has 0 fully saturated rings. The highest BCUT2D eigenvalue weighted by Gasteiger charge is 2.13. The average Bonchev–Trinajstić information content (AvgIpc) is 3.00. The molecule has 7 nitrogen and oxygen atoms in total. The van der Waals surface area contributed by atoms with Crippen LogP contribution in [-0.2, 0) is 0 Å². The molecule has 0 aliphatic heterocycles. The van der Waals surface area contributed by atoms with Crippen LogP contribution >= 0.6 is 23.5 Å². The molecule has 0 spiro atoms. The Bertz CT molecular complexity index is 880. The summed E-state index contributed by atoms with van der Waals surface area (Å²) in [6, 6.07) is 5.37. The first kappa shape index (κ1) is 17.5. The van der Waals surface area contributed by atoms with Crippen LogP contribution in [0.2, 0.25) is 5.02 Å². The number of methoxy groups -OCH3 is 1. The number of hydrogen-bond acceptors (Lipinski definition) is 7. The van der Waals surface area contributed by atoms with Crippen molar-refractivity contribution in [2.75, 3.05) is 18.4 Å². The van der Waals surface area contributed by atoms with Crippen molar-refractivity contribution < 1.29 is 18.3 Å². The zero-order valence-electron chi connectivity index (χ0n) is 12.8. The zero-order valence-corrected chi connectivity index (χ0v) is 14.4. The first-order chi connectivity index (χ1) is 12.1. The summed E-state index contributed by atoms with van der Waals surface area (Å²) in [4.78, 5) is 8.08. The van der Waals surface area contributed by atoms with Crippen LogP contribution in [0.4, 0.5) is 14.7 Å². The van der Waals surface area contributed by atoms with Gasteiger partial charge in [-0.1, -0.05) is 11.6 Å². The van der Waals surface area contributed by atoms with Gasteiger partial charge in [-0.3, -0.25) is 9.82 Å². The number of aromatic nitrogens is 4. The Kier molecular flexibility index (Phi) is 5.39. The van der Waals surface area contributed by atoms with Crippen LogP contribution in [0, 0.1) is 0 Å². The van der Waals surface area contributed by atoms with Crippen molar-refractivity contribution in [3.05, 3.63) is 29.4 Å². The fraction of sp³-hybridized carbons (Fsp3) is 0.214. The summed E-state index contributed by atoms with van der Waals surface area (Å²) in [7, 11) is 1.36. The van der Waals surface area contributed by atoms with Crippen molar-refractivity contribution in [1.29, 1.82) is 0 Å². The van der Waals surface area contributed by atoms with E-state index in [1.165, 1.54) is 25.3 Å². The lowest BCUT2D eigenvalue weighted by Gasteiger charge is -2.10. The van der Waals surface area contributed by atoms with Crippen LogP contribution in [0.15, 0.2) is 29.4 Å². The molecule has 0 radical (unpaired) electrons. The number of nitrogens with one attached hydrogen (secondary N) is 2. The van der Waals surface area contributed by atoms with Gasteiger partial charge < -0.3 is 9.47 Å². The van der Waals surface area contributed by atoms with Crippen molar-refractivity contribution in [3.8, 4) is 11.6 Å². The molecule has 3 rings (SSSR count). The van der Waals surface area contributed by atoms with Crippen LogP contribution < -0.4 is 14.2 Å². The molecule has 0 amide bonds. The minimum absolute atomic E-state index is 0.0400. The Morgan fingerprint density at radius 1 is 1.40 bits per heavy atom. The first-order valence-electron chi connectivity index (χ1n) is 6.95. The number of halogens is 3. The van der Waals surface area contributed by atoms with Gasteiger partial charge in [-0.25, -0.2) is 13.8 Å². The second-order valence-corrected chi connectivity index (χ2v) is 5.92. The molecule has 2 N–H and O–H groups in total. The van der Waals surface area contributed by atoms with E-state index in [1.807, 2.05) is 6.07 Å². The highest BCUT2D eigenvalue weighted by atomic mass is 35.5. The average molecular weight is 388 g/mol. The number of alkyl halides is 2. The van der Waals surface area contributed by atoms with Crippen molar-refractivity contribution in [3.63, 3.8) is 0 Å². The smallest absolute Gasteiger partial charge is 0.272 e. The fourth-order valence-corrected chi connectivity index (χ4v) is 2.78. The lowest BCUT2D eigenvalue weighted by atomic mass is 10.3. The lowest BCUT2D eigenvalue weighted by Crippen LogP contribution is -2.09. The van der Waals surface area contributed by atoms with E-state index < -0.39 is 13.0 Å². The van der Waals surface area contributed by atoms with E-state index in [1.54, 1.807) is 12.1 Å². The van der Waals surface area contributed by atoms with Gasteiger partial charge in [-0.05, 0) is 18.2 Å². The molecule has 11 heteroatoms. The Morgan fingerprint density at radius 3 is 3.00 bits per heavy atom. The van der Waals surface area contributed by atoms with Crippen molar-refractivity contribution in [2.24, 2.45) is 0 Å². The predicted octanol–water partition coefficient (Wildman–Crippen LogP) is 3.78. The molecule has 3 aromatic rings. The Hall–Kier alpha value is -2.33.